The van der Waals surface area contributed by atoms with Crippen LogP contribution >= 0.6 is 0 Å². The van der Waals surface area contributed by atoms with Gasteiger partial charge in [-0.15, -0.1) is 0 Å². The highest BCUT2D eigenvalue weighted by molar-refractivity contribution is 7.90. The van der Waals surface area contributed by atoms with Gasteiger partial charge < -0.3 is 0 Å². The van der Waals surface area contributed by atoms with Crippen LogP contribution in [0.15, 0.2) is 6.33 Å². The molecule has 0 saturated carbocycles. The van der Waals surface area contributed by atoms with Crippen molar-refractivity contribution in [1.82, 2.24) is 19.9 Å². The Morgan fingerprint density at radius 1 is 1.57 bits per heavy atom. The maximum absolute atomic E-state index is 11.3. The van der Waals surface area contributed by atoms with Crippen molar-refractivity contribution >= 4 is 10.0 Å². The van der Waals surface area contributed by atoms with E-state index < -0.39 is 15.3 Å². The number of rotatable bonds is 5. The van der Waals surface area contributed by atoms with Crippen molar-refractivity contribution in [2.24, 2.45) is 0 Å². The normalized spacial score (nSPS) is 12.2. The molecule has 2 N–H and O–H groups in total. The monoisotopic (exact) mass is 218 g/mol. The molecule has 0 bridgehead atoms. The van der Waals surface area contributed by atoms with Gasteiger partial charge in [-0.3, -0.25) is 5.10 Å². The van der Waals surface area contributed by atoms with Gasteiger partial charge in [-0.1, -0.05) is 0 Å². The van der Waals surface area contributed by atoms with Crippen molar-refractivity contribution in [3.8, 4) is 0 Å². The molecule has 0 aliphatic carbocycles. The van der Waals surface area contributed by atoms with Crippen LogP contribution in [0.4, 0.5) is 0 Å². The molecule has 0 fully saturated rings. The first-order valence-corrected chi connectivity index (χ1v) is 5.89. The third-order valence-corrected chi connectivity index (χ3v) is 3.60. The number of hydrogen-bond donors (Lipinski definition) is 2. The topological polar surface area (TPSA) is 87.7 Å². The van der Waals surface area contributed by atoms with Crippen LogP contribution < -0.4 is 4.72 Å². The molecule has 0 amide bonds. The Hall–Kier alpha value is -0.950. The first kappa shape index (κ1) is 11.1. The zero-order valence-corrected chi connectivity index (χ0v) is 9.00. The quantitative estimate of drug-likeness (QED) is 0.708. The molecule has 1 aromatic heterocycles. The maximum atomic E-state index is 11.3. The summed E-state index contributed by atoms with van der Waals surface area (Å²) in [6.45, 7) is 3.61. The summed E-state index contributed by atoms with van der Waals surface area (Å²) < 4.78 is 25.1. The summed E-state index contributed by atoms with van der Waals surface area (Å²) in [4.78, 5) is 3.88. The summed E-state index contributed by atoms with van der Waals surface area (Å²) in [6, 6.07) is 0. The first-order chi connectivity index (χ1) is 6.52. The lowest BCUT2D eigenvalue weighted by Crippen LogP contribution is -2.32. The summed E-state index contributed by atoms with van der Waals surface area (Å²) in [7, 11) is -3.16. The number of H-pyrrole nitrogens is 1. The molecule has 0 spiro atoms. The largest absolute Gasteiger partial charge is 0.263 e. The second-order valence-corrected chi connectivity index (χ2v) is 5.49. The second-order valence-electron chi connectivity index (χ2n) is 3.17. The van der Waals surface area contributed by atoms with Crippen LogP contribution in [0.5, 0.6) is 0 Å². The Morgan fingerprint density at radius 3 is 2.79 bits per heavy atom. The van der Waals surface area contributed by atoms with Crippen molar-refractivity contribution in [2.45, 2.75) is 25.5 Å². The van der Waals surface area contributed by atoms with Crippen molar-refractivity contribution in [3.05, 3.63) is 12.2 Å². The molecule has 0 radical (unpaired) electrons. The summed E-state index contributed by atoms with van der Waals surface area (Å²) >= 11 is 0. The summed E-state index contributed by atoms with van der Waals surface area (Å²) in [5.41, 5.74) is 0. The van der Waals surface area contributed by atoms with Gasteiger partial charge in [0.25, 0.3) is 0 Å². The van der Waals surface area contributed by atoms with Crippen LogP contribution in [-0.2, 0) is 16.4 Å². The fourth-order valence-electron chi connectivity index (χ4n) is 0.830. The molecule has 0 aliphatic heterocycles. The van der Waals surface area contributed by atoms with Crippen LogP contribution in [0.1, 0.15) is 19.7 Å². The fraction of sp³-hybridized carbons (Fsp3) is 0.714. The zero-order valence-electron chi connectivity index (χ0n) is 8.19. The van der Waals surface area contributed by atoms with Gasteiger partial charge in [0.05, 0.1) is 5.25 Å². The molecular weight excluding hydrogens is 204 g/mol. The van der Waals surface area contributed by atoms with Gasteiger partial charge in [0.1, 0.15) is 12.2 Å². The van der Waals surface area contributed by atoms with Crippen LogP contribution in [0.25, 0.3) is 0 Å². The average molecular weight is 218 g/mol. The lowest BCUT2D eigenvalue weighted by atomic mass is 10.4. The first-order valence-electron chi connectivity index (χ1n) is 4.35. The zero-order chi connectivity index (χ0) is 10.6. The minimum absolute atomic E-state index is 0.343. The van der Waals surface area contributed by atoms with E-state index in [0.717, 1.165) is 0 Å². The summed E-state index contributed by atoms with van der Waals surface area (Å²) in [5.74, 6) is 0.677. The molecule has 1 heterocycles. The van der Waals surface area contributed by atoms with Gasteiger partial charge in [0.15, 0.2) is 0 Å². The molecule has 1 rings (SSSR count). The SMILES string of the molecule is CC(C)S(=O)(=O)NCCc1ncn[nH]1. The standard InChI is InChI=1S/C7H14N4O2S/c1-6(2)14(12,13)10-4-3-7-8-5-9-11-7/h5-6,10H,3-4H2,1-2H3,(H,8,9,11). The summed E-state index contributed by atoms with van der Waals surface area (Å²) in [5, 5.41) is 5.91. The number of sulfonamides is 1. The highest BCUT2D eigenvalue weighted by Gasteiger charge is 2.14. The van der Waals surface area contributed by atoms with Crippen LogP contribution in [0, 0.1) is 0 Å². The van der Waals surface area contributed by atoms with E-state index in [0.29, 0.717) is 18.8 Å². The van der Waals surface area contributed by atoms with Gasteiger partial charge in [0, 0.05) is 13.0 Å². The maximum Gasteiger partial charge on any atom is 0.213 e. The van der Waals surface area contributed by atoms with Crippen molar-refractivity contribution < 1.29 is 8.42 Å². The highest BCUT2D eigenvalue weighted by atomic mass is 32.2. The number of nitrogens with one attached hydrogen (secondary N) is 2. The summed E-state index contributed by atoms with van der Waals surface area (Å²) in [6.07, 6.45) is 1.91. The van der Waals surface area contributed by atoms with Gasteiger partial charge in [-0.05, 0) is 13.8 Å². The lowest BCUT2D eigenvalue weighted by molar-refractivity contribution is 0.572. The molecule has 0 atom stereocenters. The number of nitrogens with zero attached hydrogens (tertiary/aromatic N) is 2. The Kier molecular flexibility index (Phi) is 3.59. The van der Waals surface area contributed by atoms with Crippen molar-refractivity contribution in [1.29, 1.82) is 0 Å². The van der Waals surface area contributed by atoms with E-state index in [9.17, 15) is 8.42 Å². The second kappa shape index (κ2) is 4.52. The van der Waals surface area contributed by atoms with Crippen molar-refractivity contribution in [3.63, 3.8) is 0 Å². The third kappa shape index (κ3) is 3.08. The van der Waals surface area contributed by atoms with E-state index in [1.165, 1.54) is 6.33 Å². The van der Waals surface area contributed by atoms with E-state index in [1.54, 1.807) is 13.8 Å². The molecule has 0 aromatic carbocycles. The number of aromatic amines is 1. The molecule has 1 aromatic rings. The van der Waals surface area contributed by atoms with Gasteiger partial charge in [-0.25, -0.2) is 18.1 Å². The van der Waals surface area contributed by atoms with E-state index >= 15 is 0 Å². The Labute approximate surface area is 83.2 Å². The number of hydrogen-bond acceptors (Lipinski definition) is 4. The van der Waals surface area contributed by atoms with Gasteiger partial charge in [-0.2, -0.15) is 5.10 Å². The highest BCUT2D eigenvalue weighted by Crippen LogP contribution is 1.95. The average Bonchev–Trinajstić information content (AvgIpc) is 2.56. The van der Waals surface area contributed by atoms with E-state index in [4.69, 9.17) is 0 Å². The molecule has 6 nitrogen and oxygen atoms in total. The Morgan fingerprint density at radius 2 is 2.29 bits per heavy atom. The predicted molar refractivity (Wildman–Crippen MR) is 52.1 cm³/mol. The number of aromatic nitrogens is 3. The molecule has 0 saturated heterocycles. The molecule has 0 unspecified atom stereocenters. The fourth-order valence-corrected chi connectivity index (χ4v) is 1.55. The molecule has 7 heteroatoms. The van der Waals surface area contributed by atoms with Crippen LogP contribution in [-0.4, -0.2) is 35.4 Å². The van der Waals surface area contributed by atoms with Gasteiger partial charge >= 0.3 is 0 Å². The smallest absolute Gasteiger partial charge is 0.213 e. The van der Waals surface area contributed by atoms with E-state index in [2.05, 4.69) is 19.9 Å². The molecular formula is C7H14N4O2S. The molecule has 0 aliphatic rings. The van der Waals surface area contributed by atoms with Crippen LogP contribution in [0.3, 0.4) is 0 Å². The van der Waals surface area contributed by atoms with Crippen LogP contribution in [0.2, 0.25) is 0 Å². The Balaban J connectivity index is 2.36. The minimum atomic E-state index is -3.16. The lowest BCUT2D eigenvalue weighted by Gasteiger charge is -2.07. The third-order valence-electron chi connectivity index (χ3n) is 1.75. The molecule has 80 valence electrons. The Bertz CT molecular complexity index is 357. The van der Waals surface area contributed by atoms with E-state index in [1.807, 2.05) is 0 Å². The molecule has 14 heavy (non-hydrogen) atoms. The predicted octanol–water partition coefficient (Wildman–Crippen LogP) is -0.325. The van der Waals surface area contributed by atoms with Gasteiger partial charge in [0.2, 0.25) is 10.0 Å². The van der Waals surface area contributed by atoms with Crippen molar-refractivity contribution in [2.75, 3.05) is 6.54 Å². The van der Waals surface area contributed by atoms with E-state index in [-0.39, 0.29) is 0 Å². The minimum Gasteiger partial charge on any atom is -0.263 e.